The Labute approximate surface area is 101 Å². The molecule has 0 aliphatic rings. The lowest BCUT2D eigenvalue weighted by Gasteiger charge is -2.37. The van der Waals surface area contributed by atoms with Gasteiger partial charge >= 0.3 is 12.0 Å². The fourth-order valence-corrected chi connectivity index (χ4v) is 1.25. The van der Waals surface area contributed by atoms with Crippen LogP contribution in [0.3, 0.4) is 0 Å². The second-order valence-corrected chi connectivity index (χ2v) is 4.76. The molecular weight excluding hydrogens is 222 g/mol. The van der Waals surface area contributed by atoms with Crippen molar-refractivity contribution in [3.8, 4) is 6.07 Å². The van der Waals surface area contributed by atoms with E-state index in [1.165, 1.54) is 9.80 Å². The van der Waals surface area contributed by atoms with E-state index in [2.05, 4.69) is 0 Å². The summed E-state index contributed by atoms with van der Waals surface area (Å²) in [5.41, 5.74) is -0.573. The maximum absolute atomic E-state index is 12.0. The van der Waals surface area contributed by atoms with Gasteiger partial charge in [-0.2, -0.15) is 5.26 Å². The van der Waals surface area contributed by atoms with Crippen LogP contribution in [0.5, 0.6) is 0 Å². The summed E-state index contributed by atoms with van der Waals surface area (Å²) in [5, 5.41) is 17.2. The average molecular weight is 241 g/mol. The smallest absolute Gasteiger partial charge is 0.323 e. The molecule has 0 aromatic carbocycles. The quantitative estimate of drug-likeness (QED) is 0.799. The molecule has 6 nitrogen and oxygen atoms in total. The number of nitriles is 1. The molecule has 0 aliphatic carbocycles. The van der Waals surface area contributed by atoms with Crippen molar-refractivity contribution in [2.45, 2.75) is 32.7 Å². The van der Waals surface area contributed by atoms with Crippen LogP contribution in [0.25, 0.3) is 0 Å². The number of hydrogen-bond donors (Lipinski definition) is 1. The van der Waals surface area contributed by atoms with Gasteiger partial charge in [-0.1, -0.05) is 0 Å². The van der Waals surface area contributed by atoms with Crippen molar-refractivity contribution in [2.24, 2.45) is 0 Å². The first-order valence-electron chi connectivity index (χ1n) is 5.31. The van der Waals surface area contributed by atoms with Gasteiger partial charge in [0, 0.05) is 19.1 Å². The Morgan fingerprint density at radius 2 is 1.88 bits per heavy atom. The third-order valence-corrected chi connectivity index (χ3v) is 2.22. The van der Waals surface area contributed by atoms with Gasteiger partial charge < -0.3 is 14.9 Å². The maximum atomic E-state index is 12.0. The molecule has 0 unspecified atom stereocenters. The zero-order valence-electron chi connectivity index (χ0n) is 10.7. The highest BCUT2D eigenvalue weighted by Gasteiger charge is 2.30. The van der Waals surface area contributed by atoms with Crippen LogP contribution in [0.15, 0.2) is 0 Å². The molecule has 2 amide bonds. The molecule has 1 N–H and O–H groups in total. The molecule has 0 saturated heterocycles. The summed E-state index contributed by atoms with van der Waals surface area (Å²) in [4.78, 5) is 25.4. The molecule has 0 fully saturated rings. The molecule has 0 spiro atoms. The van der Waals surface area contributed by atoms with E-state index in [1.54, 1.807) is 27.8 Å². The lowest BCUT2D eigenvalue weighted by molar-refractivity contribution is -0.138. The highest BCUT2D eigenvalue weighted by molar-refractivity contribution is 5.80. The number of rotatable bonds is 4. The van der Waals surface area contributed by atoms with Gasteiger partial charge in [0.25, 0.3) is 0 Å². The second-order valence-electron chi connectivity index (χ2n) is 4.76. The van der Waals surface area contributed by atoms with E-state index >= 15 is 0 Å². The van der Waals surface area contributed by atoms with Gasteiger partial charge in [0.2, 0.25) is 0 Å². The Hall–Kier alpha value is -1.77. The van der Waals surface area contributed by atoms with Crippen molar-refractivity contribution in [1.82, 2.24) is 9.80 Å². The van der Waals surface area contributed by atoms with Gasteiger partial charge in [0.15, 0.2) is 0 Å². The van der Waals surface area contributed by atoms with Crippen LogP contribution in [-0.2, 0) is 4.79 Å². The summed E-state index contributed by atoms with van der Waals surface area (Å²) in [7, 11) is 1.56. The summed E-state index contributed by atoms with van der Waals surface area (Å²) in [6.07, 6.45) is 0.229. The van der Waals surface area contributed by atoms with E-state index in [0.29, 0.717) is 6.54 Å². The molecule has 0 aromatic heterocycles. The predicted molar refractivity (Wildman–Crippen MR) is 62.4 cm³/mol. The summed E-state index contributed by atoms with van der Waals surface area (Å²) in [6, 6.07) is 1.56. The Balaban J connectivity index is 4.76. The third-order valence-electron chi connectivity index (χ3n) is 2.22. The standard InChI is InChI=1S/C11H19N3O3/c1-11(2,3)14(8-9(15)16)10(17)13(4)7-5-6-12/h5,7-8H2,1-4H3,(H,15,16). The Morgan fingerprint density at radius 3 is 2.24 bits per heavy atom. The number of carbonyl (C=O) groups excluding carboxylic acids is 1. The van der Waals surface area contributed by atoms with E-state index in [4.69, 9.17) is 10.4 Å². The van der Waals surface area contributed by atoms with Gasteiger partial charge in [-0.15, -0.1) is 0 Å². The number of hydrogen-bond acceptors (Lipinski definition) is 3. The van der Waals surface area contributed by atoms with Gasteiger partial charge in [0.1, 0.15) is 6.54 Å². The van der Waals surface area contributed by atoms with E-state index in [1.807, 2.05) is 6.07 Å². The highest BCUT2D eigenvalue weighted by Crippen LogP contribution is 2.15. The molecule has 96 valence electrons. The lowest BCUT2D eigenvalue weighted by atomic mass is 10.1. The van der Waals surface area contributed by atoms with Crippen molar-refractivity contribution in [3.05, 3.63) is 0 Å². The van der Waals surface area contributed by atoms with Crippen LogP contribution < -0.4 is 0 Å². The number of amides is 2. The first-order chi connectivity index (χ1) is 7.70. The fourth-order valence-electron chi connectivity index (χ4n) is 1.25. The summed E-state index contributed by atoms with van der Waals surface area (Å²) in [6.45, 7) is 5.25. The van der Waals surface area contributed by atoms with Crippen molar-refractivity contribution < 1.29 is 14.7 Å². The van der Waals surface area contributed by atoms with Gasteiger partial charge in [-0.25, -0.2) is 4.79 Å². The normalized spacial score (nSPS) is 10.5. The molecule has 6 heteroatoms. The zero-order valence-corrected chi connectivity index (χ0v) is 10.7. The first kappa shape index (κ1) is 15.2. The van der Waals surface area contributed by atoms with Gasteiger partial charge in [-0.3, -0.25) is 4.79 Å². The van der Waals surface area contributed by atoms with Gasteiger partial charge in [0.05, 0.1) is 12.5 Å². The van der Waals surface area contributed by atoms with Gasteiger partial charge in [-0.05, 0) is 20.8 Å². The number of carboxylic acids is 1. The minimum atomic E-state index is -1.05. The summed E-state index contributed by atoms with van der Waals surface area (Å²) in [5.74, 6) is -1.05. The van der Waals surface area contributed by atoms with Crippen LogP contribution in [0.4, 0.5) is 4.79 Å². The van der Waals surface area contributed by atoms with Crippen LogP contribution in [0.2, 0.25) is 0 Å². The number of carbonyl (C=O) groups is 2. The predicted octanol–water partition coefficient (Wildman–Crippen LogP) is 1.14. The molecule has 0 aromatic rings. The van der Waals surface area contributed by atoms with E-state index < -0.39 is 11.5 Å². The minimum Gasteiger partial charge on any atom is -0.480 e. The zero-order chi connectivity index (χ0) is 13.6. The molecule has 0 saturated carbocycles. The molecule has 17 heavy (non-hydrogen) atoms. The third kappa shape index (κ3) is 5.20. The molecule has 0 radical (unpaired) electrons. The van der Waals surface area contributed by atoms with Crippen molar-refractivity contribution in [1.29, 1.82) is 5.26 Å². The minimum absolute atomic E-state index is 0.229. The molecule has 0 aliphatic heterocycles. The van der Waals surface area contributed by atoms with Crippen molar-refractivity contribution >= 4 is 12.0 Å². The number of aliphatic carboxylic acids is 1. The van der Waals surface area contributed by atoms with E-state index in [9.17, 15) is 9.59 Å². The number of nitrogens with zero attached hydrogens (tertiary/aromatic N) is 3. The topological polar surface area (TPSA) is 84.6 Å². The molecule has 0 bridgehead atoms. The second kappa shape index (κ2) is 6.09. The average Bonchev–Trinajstić information content (AvgIpc) is 2.19. The SMILES string of the molecule is CN(CCC#N)C(=O)N(CC(=O)O)C(C)(C)C. The Kier molecular flexibility index (Phi) is 5.45. The highest BCUT2D eigenvalue weighted by atomic mass is 16.4. The van der Waals surface area contributed by atoms with Crippen LogP contribution in [0, 0.1) is 11.3 Å². The number of carboxylic acid groups (broad SMARTS) is 1. The first-order valence-corrected chi connectivity index (χ1v) is 5.31. The van der Waals surface area contributed by atoms with Crippen LogP contribution in [-0.4, -0.2) is 52.6 Å². The Bertz CT molecular complexity index is 328. The van der Waals surface area contributed by atoms with E-state index in [-0.39, 0.29) is 19.0 Å². The molecule has 0 atom stereocenters. The molecule has 0 rings (SSSR count). The van der Waals surface area contributed by atoms with Crippen molar-refractivity contribution in [2.75, 3.05) is 20.1 Å². The van der Waals surface area contributed by atoms with Crippen LogP contribution in [0.1, 0.15) is 27.2 Å². The Morgan fingerprint density at radius 1 is 1.35 bits per heavy atom. The molecule has 0 heterocycles. The van der Waals surface area contributed by atoms with Crippen LogP contribution >= 0.6 is 0 Å². The maximum Gasteiger partial charge on any atom is 0.323 e. The van der Waals surface area contributed by atoms with E-state index in [0.717, 1.165) is 0 Å². The molecular formula is C11H19N3O3. The number of urea groups is 1. The monoisotopic (exact) mass is 241 g/mol. The summed E-state index contributed by atoms with van der Waals surface area (Å²) >= 11 is 0. The lowest BCUT2D eigenvalue weighted by Crippen LogP contribution is -2.52. The summed E-state index contributed by atoms with van der Waals surface area (Å²) < 4.78 is 0. The van der Waals surface area contributed by atoms with Crippen molar-refractivity contribution in [3.63, 3.8) is 0 Å². The fraction of sp³-hybridized carbons (Fsp3) is 0.727. The largest absolute Gasteiger partial charge is 0.480 e.